The molecule has 30 heavy (non-hydrogen) atoms. The molecule has 0 saturated heterocycles. The summed E-state index contributed by atoms with van der Waals surface area (Å²) in [5.74, 6) is 1.23. The highest BCUT2D eigenvalue weighted by Crippen LogP contribution is 2.25. The molecule has 3 aromatic rings. The predicted octanol–water partition coefficient (Wildman–Crippen LogP) is 4.98. The molecule has 1 amide bonds. The normalized spacial score (nSPS) is 11.4. The summed E-state index contributed by atoms with van der Waals surface area (Å²) in [6, 6.07) is 15.6. The zero-order chi connectivity index (χ0) is 21.5. The molecule has 0 atom stereocenters. The van der Waals surface area contributed by atoms with Crippen molar-refractivity contribution in [3.8, 4) is 11.4 Å². The first-order valence-electron chi connectivity index (χ1n) is 9.71. The highest BCUT2D eigenvalue weighted by molar-refractivity contribution is 7.99. The van der Waals surface area contributed by atoms with Gasteiger partial charge in [-0.25, -0.2) is 5.43 Å². The summed E-state index contributed by atoms with van der Waals surface area (Å²) in [7, 11) is 0. The van der Waals surface area contributed by atoms with Gasteiger partial charge in [0.05, 0.1) is 12.0 Å². The molecule has 0 aliphatic rings. The maximum absolute atomic E-state index is 12.1. The van der Waals surface area contributed by atoms with Crippen molar-refractivity contribution in [1.29, 1.82) is 0 Å². The topological polar surface area (TPSA) is 72.2 Å². The van der Waals surface area contributed by atoms with Crippen LogP contribution in [0.1, 0.15) is 37.8 Å². The minimum Gasteiger partial charge on any atom is -0.302 e. The number of carbonyl (C=O) groups is 1. The Labute approximate surface area is 185 Å². The fraction of sp³-hybridized carbons (Fsp3) is 0.273. The van der Waals surface area contributed by atoms with Gasteiger partial charge in [-0.15, -0.1) is 10.2 Å². The van der Waals surface area contributed by atoms with Crippen molar-refractivity contribution < 1.29 is 4.79 Å². The van der Waals surface area contributed by atoms with Gasteiger partial charge < -0.3 is 4.57 Å². The maximum Gasteiger partial charge on any atom is 0.250 e. The van der Waals surface area contributed by atoms with Crippen molar-refractivity contribution >= 4 is 35.5 Å². The number of hydrogen-bond acceptors (Lipinski definition) is 5. The van der Waals surface area contributed by atoms with Gasteiger partial charge in [0, 0.05) is 17.1 Å². The second kappa shape index (κ2) is 10.4. The van der Waals surface area contributed by atoms with E-state index >= 15 is 0 Å². The summed E-state index contributed by atoms with van der Waals surface area (Å²) in [6.45, 7) is 7.01. The molecular formula is C22H24ClN5OS. The van der Waals surface area contributed by atoms with Crippen molar-refractivity contribution in [2.45, 2.75) is 38.4 Å². The van der Waals surface area contributed by atoms with Crippen LogP contribution in [0.15, 0.2) is 58.8 Å². The summed E-state index contributed by atoms with van der Waals surface area (Å²) in [6.07, 6.45) is 1.64. The maximum atomic E-state index is 12.1. The smallest absolute Gasteiger partial charge is 0.250 e. The minimum absolute atomic E-state index is 0.197. The van der Waals surface area contributed by atoms with E-state index in [1.807, 2.05) is 47.9 Å². The number of amides is 1. The number of carbonyl (C=O) groups excluding carboxylic acids is 1. The van der Waals surface area contributed by atoms with Crippen LogP contribution in [0, 0.1) is 0 Å². The fourth-order valence-corrected chi connectivity index (χ4v) is 3.72. The van der Waals surface area contributed by atoms with Crippen molar-refractivity contribution in [1.82, 2.24) is 20.2 Å². The molecule has 0 radical (unpaired) electrons. The van der Waals surface area contributed by atoms with Gasteiger partial charge in [-0.3, -0.25) is 4.79 Å². The molecule has 6 nitrogen and oxygen atoms in total. The molecule has 8 heteroatoms. The van der Waals surface area contributed by atoms with E-state index in [0.717, 1.165) is 17.0 Å². The monoisotopic (exact) mass is 441 g/mol. The van der Waals surface area contributed by atoms with Crippen LogP contribution in [0.4, 0.5) is 0 Å². The molecule has 0 unspecified atom stereocenters. The molecule has 0 saturated carbocycles. The van der Waals surface area contributed by atoms with E-state index in [2.05, 4.69) is 46.7 Å². The molecular weight excluding hydrogens is 418 g/mol. The number of aromatic nitrogens is 3. The SMILES string of the molecule is CCn1c(SCC(=O)NN=Cc2ccc(C(C)C)cc2)nnc1-c1ccc(Cl)cc1. The average molecular weight is 442 g/mol. The van der Waals surface area contributed by atoms with Gasteiger partial charge in [-0.2, -0.15) is 5.10 Å². The van der Waals surface area contributed by atoms with Gasteiger partial charge in [0.2, 0.25) is 0 Å². The third-order valence-corrected chi connectivity index (χ3v) is 5.69. The zero-order valence-electron chi connectivity index (χ0n) is 17.2. The van der Waals surface area contributed by atoms with Gasteiger partial charge >= 0.3 is 0 Å². The van der Waals surface area contributed by atoms with Crippen LogP contribution in [0.3, 0.4) is 0 Å². The van der Waals surface area contributed by atoms with Crippen molar-refractivity contribution in [2.24, 2.45) is 5.10 Å². The molecule has 3 rings (SSSR count). The van der Waals surface area contributed by atoms with E-state index in [1.54, 1.807) is 6.21 Å². The summed E-state index contributed by atoms with van der Waals surface area (Å²) < 4.78 is 1.97. The Morgan fingerprint density at radius 2 is 1.87 bits per heavy atom. The Morgan fingerprint density at radius 1 is 1.17 bits per heavy atom. The number of rotatable bonds is 8. The van der Waals surface area contributed by atoms with E-state index in [4.69, 9.17) is 11.6 Å². The first-order chi connectivity index (χ1) is 14.5. The van der Waals surface area contributed by atoms with E-state index in [-0.39, 0.29) is 11.7 Å². The summed E-state index contributed by atoms with van der Waals surface area (Å²) in [5.41, 5.74) is 5.69. The van der Waals surface area contributed by atoms with Crippen LogP contribution >= 0.6 is 23.4 Å². The van der Waals surface area contributed by atoms with E-state index in [9.17, 15) is 4.79 Å². The Balaban J connectivity index is 1.56. The van der Waals surface area contributed by atoms with Gasteiger partial charge in [-0.1, -0.05) is 61.5 Å². The lowest BCUT2D eigenvalue weighted by Crippen LogP contribution is -2.20. The van der Waals surface area contributed by atoms with Crippen molar-refractivity contribution in [3.05, 3.63) is 64.7 Å². The Hall–Kier alpha value is -2.64. The Bertz CT molecular complexity index is 1010. The second-order valence-electron chi connectivity index (χ2n) is 6.96. The van der Waals surface area contributed by atoms with Crippen LogP contribution in [0.2, 0.25) is 5.02 Å². The molecule has 0 spiro atoms. The molecule has 1 aromatic heterocycles. The summed E-state index contributed by atoms with van der Waals surface area (Å²) >= 11 is 7.29. The summed E-state index contributed by atoms with van der Waals surface area (Å²) in [5, 5.41) is 13.9. The molecule has 0 fully saturated rings. The van der Waals surface area contributed by atoms with Crippen LogP contribution in [0.25, 0.3) is 11.4 Å². The second-order valence-corrected chi connectivity index (χ2v) is 8.34. The van der Waals surface area contributed by atoms with Crippen molar-refractivity contribution in [2.75, 3.05) is 5.75 Å². The standard InChI is InChI=1S/C22H24ClN5OS/c1-4-28-21(18-9-11-19(23)12-10-18)26-27-22(28)30-14-20(29)25-24-13-16-5-7-17(8-6-16)15(2)3/h5-13,15H,4,14H2,1-3H3,(H,25,29). The molecule has 0 bridgehead atoms. The average Bonchev–Trinajstić information content (AvgIpc) is 3.16. The van der Waals surface area contributed by atoms with Crippen LogP contribution in [-0.4, -0.2) is 32.6 Å². The van der Waals surface area contributed by atoms with E-state index < -0.39 is 0 Å². The molecule has 0 aliphatic carbocycles. The van der Waals surface area contributed by atoms with Crippen molar-refractivity contribution in [3.63, 3.8) is 0 Å². The summed E-state index contributed by atoms with van der Waals surface area (Å²) in [4.78, 5) is 12.1. The number of hydrazone groups is 1. The molecule has 156 valence electrons. The van der Waals surface area contributed by atoms with Crippen LogP contribution in [0.5, 0.6) is 0 Å². The minimum atomic E-state index is -0.200. The number of halogens is 1. The third kappa shape index (κ3) is 5.70. The number of nitrogens with one attached hydrogen (secondary N) is 1. The molecule has 1 heterocycles. The van der Waals surface area contributed by atoms with Crippen LogP contribution < -0.4 is 5.43 Å². The lowest BCUT2D eigenvalue weighted by atomic mass is 10.0. The quantitative estimate of drug-likeness (QED) is 0.304. The van der Waals surface area contributed by atoms with Gasteiger partial charge in [-0.05, 0) is 48.2 Å². The highest BCUT2D eigenvalue weighted by Gasteiger charge is 2.14. The third-order valence-electron chi connectivity index (χ3n) is 4.47. The number of benzene rings is 2. The van der Waals surface area contributed by atoms with Gasteiger partial charge in [0.15, 0.2) is 11.0 Å². The number of thioether (sulfide) groups is 1. The largest absolute Gasteiger partial charge is 0.302 e. The lowest BCUT2D eigenvalue weighted by Gasteiger charge is -2.07. The van der Waals surface area contributed by atoms with Crippen LogP contribution in [-0.2, 0) is 11.3 Å². The van der Waals surface area contributed by atoms with E-state index in [0.29, 0.717) is 22.6 Å². The number of nitrogens with zero attached hydrogens (tertiary/aromatic N) is 4. The Morgan fingerprint density at radius 3 is 2.50 bits per heavy atom. The first kappa shape index (κ1) is 22.1. The Kier molecular flexibility index (Phi) is 7.65. The molecule has 1 N–H and O–H groups in total. The highest BCUT2D eigenvalue weighted by atomic mass is 35.5. The van der Waals surface area contributed by atoms with E-state index in [1.165, 1.54) is 17.3 Å². The number of hydrogen-bond donors (Lipinski definition) is 1. The first-order valence-corrected chi connectivity index (χ1v) is 11.1. The molecule has 0 aliphatic heterocycles. The predicted molar refractivity (Wildman–Crippen MR) is 123 cm³/mol. The van der Waals surface area contributed by atoms with Gasteiger partial charge in [0.1, 0.15) is 0 Å². The van der Waals surface area contributed by atoms with Gasteiger partial charge in [0.25, 0.3) is 5.91 Å². The molecule has 2 aromatic carbocycles. The zero-order valence-corrected chi connectivity index (χ0v) is 18.7. The fourth-order valence-electron chi connectivity index (χ4n) is 2.80. The lowest BCUT2D eigenvalue weighted by molar-refractivity contribution is -0.118.